The van der Waals surface area contributed by atoms with Crippen LogP contribution < -0.4 is 10.5 Å². The molecule has 3 rings (SSSR count). The summed E-state index contributed by atoms with van der Waals surface area (Å²) in [5.41, 5.74) is 7.24. The third-order valence-electron chi connectivity index (χ3n) is 2.99. The molecule has 0 amide bonds. The van der Waals surface area contributed by atoms with Gasteiger partial charge in [-0.3, -0.25) is 0 Å². The monoisotopic (exact) mass is 312 g/mol. The Bertz CT molecular complexity index is 798. The van der Waals surface area contributed by atoms with Gasteiger partial charge in [0.25, 0.3) is 5.95 Å². The van der Waals surface area contributed by atoms with E-state index in [-0.39, 0.29) is 11.8 Å². The Morgan fingerprint density at radius 3 is 2.52 bits per heavy atom. The van der Waals surface area contributed by atoms with Gasteiger partial charge in [0, 0.05) is 0 Å². The average Bonchev–Trinajstić information content (AvgIpc) is 2.98. The fraction of sp³-hybridized carbons (Fsp3) is 0.0667. The number of tetrazole rings is 1. The molecule has 2 aromatic carbocycles. The van der Waals surface area contributed by atoms with E-state index in [4.69, 9.17) is 10.5 Å². The van der Waals surface area contributed by atoms with Crippen molar-refractivity contribution in [2.45, 2.75) is 6.61 Å². The Morgan fingerprint density at radius 1 is 1.13 bits per heavy atom. The summed E-state index contributed by atoms with van der Waals surface area (Å²) in [4.78, 5) is 1.12. The Labute approximate surface area is 131 Å². The van der Waals surface area contributed by atoms with Gasteiger partial charge in [-0.1, -0.05) is 22.0 Å². The molecule has 1 heterocycles. The molecule has 0 saturated heterocycles. The van der Waals surface area contributed by atoms with E-state index < -0.39 is 0 Å². The van der Waals surface area contributed by atoms with Crippen molar-refractivity contribution in [3.05, 3.63) is 65.5 Å². The minimum Gasteiger partial charge on any atom is -0.489 e. The second-order valence-electron chi connectivity index (χ2n) is 4.66. The molecule has 0 unspecified atom stereocenters. The number of hydrogen-bond donors (Lipinski definition) is 1. The van der Waals surface area contributed by atoms with Crippen molar-refractivity contribution >= 4 is 12.2 Å². The molecule has 116 valence electrons. The van der Waals surface area contributed by atoms with Crippen LogP contribution in [0.1, 0.15) is 11.1 Å². The summed E-state index contributed by atoms with van der Waals surface area (Å²) in [7, 11) is 0. The molecule has 0 radical (unpaired) electrons. The van der Waals surface area contributed by atoms with Gasteiger partial charge in [-0.2, -0.15) is 5.10 Å². The van der Waals surface area contributed by atoms with Gasteiger partial charge in [-0.15, -0.1) is 0 Å². The summed E-state index contributed by atoms with van der Waals surface area (Å²) < 4.78 is 18.5. The molecular formula is C15H13FN6O. The molecule has 23 heavy (non-hydrogen) atoms. The molecule has 0 saturated carbocycles. The molecule has 0 atom stereocenters. The van der Waals surface area contributed by atoms with Gasteiger partial charge in [0.05, 0.1) is 6.21 Å². The highest BCUT2D eigenvalue weighted by molar-refractivity contribution is 5.79. The number of nitrogens with two attached hydrogens (primary N) is 1. The minimum atomic E-state index is -0.263. The largest absolute Gasteiger partial charge is 0.489 e. The van der Waals surface area contributed by atoms with E-state index in [0.29, 0.717) is 12.4 Å². The lowest BCUT2D eigenvalue weighted by Crippen LogP contribution is -1.99. The number of aromatic nitrogens is 4. The predicted octanol–water partition coefficient (Wildman–Crippen LogP) is 1.86. The quantitative estimate of drug-likeness (QED) is 0.726. The van der Waals surface area contributed by atoms with Crippen molar-refractivity contribution < 1.29 is 9.13 Å². The highest BCUT2D eigenvalue weighted by atomic mass is 19.1. The number of ether oxygens (including phenoxy) is 1. The number of benzene rings is 2. The number of hydrogen-bond acceptors (Lipinski definition) is 6. The fourth-order valence-electron chi connectivity index (χ4n) is 1.79. The number of nitrogen functional groups attached to an aromatic ring is 1. The minimum absolute atomic E-state index is 0.112. The van der Waals surface area contributed by atoms with Crippen LogP contribution in [0.15, 0.2) is 53.6 Å². The molecule has 1 aromatic heterocycles. The van der Waals surface area contributed by atoms with Crippen molar-refractivity contribution in [2.75, 3.05) is 5.73 Å². The number of nitrogens with zero attached hydrogens (tertiary/aromatic N) is 5. The predicted molar refractivity (Wildman–Crippen MR) is 82.4 cm³/mol. The van der Waals surface area contributed by atoms with Crippen LogP contribution in [0.5, 0.6) is 5.75 Å². The molecule has 8 heteroatoms. The van der Waals surface area contributed by atoms with Crippen LogP contribution in [-0.2, 0) is 6.61 Å². The molecule has 3 aromatic rings. The highest BCUT2D eigenvalue weighted by Crippen LogP contribution is 2.14. The van der Waals surface area contributed by atoms with Gasteiger partial charge in [-0.25, -0.2) is 4.39 Å². The van der Waals surface area contributed by atoms with Crippen molar-refractivity contribution in [1.29, 1.82) is 0 Å². The van der Waals surface area contributed by atoms with Crippen LogP contribution in [-0.4, -0.2) is 26.5 Å². The maximum Gasteiger partial charge on any atom is 0.263 e. The zero-order chi connectivity index (χ0) is 16.1. The summed E-state index contributed by atoms with van der Waals surface area (Å²) in [6.45, 7) is 0.370. The Hall–Kier alpha value is -3.29. The second kappa shape index (κ2) is 6.65. The van der Waals surface area contributed by atoms with Crippen LogP contribution in [0.3, 0.4) is 0 Å². The number of rotatable bonds is 5. The lowest BCUT2D eigenvalue weighted by molar-refractivity contribution is 0.306. The van der Waals surface area contributed by atoms with Gasteiger partial charge < -0.3 is 10.5 Å². The summed E-state index contributed by atoms with van der Waals surface area (Å²) in [5.74, 6) is 0.550. The lowest BCUT2D eigenvalue weighted by Gasteiger charge is -2.06. The molecule has 0 spiro atoms. The first-order chi connectivity index (χ1) is 11.2. The van der Waals surface area contributed by atoms with Crippen LogP contribution in [0.4, 0.5) is 10.3 Å². The smallest absolute Gasteiger partial charge is 0.263 e. The summed E-state index contributed by atoms with van der Waals surface area (Å²) in [6.07, 6.45) is 1.58. The van der Waals surface area contributed by atoms with Gasteiger partial charge in [-0.05, 0) is 58.0 Å². The van der Waals surface area contributed by atoms with Crippen LogP contribution in [0.25, 0.3) is 0 Å². The molecular weight excluding hydrogens is 299 g/mol. The first-order valence-electron chi connectivity index (χ1n) is 6.76. The highest BCUT2D eigenvalue weighted by Gasteiger charge is 1.99. The molecule has 0 bridgehead atoms. The van der Waals surface area contributed by atoms with Gasteiger partial charge >= 0.3 is 0 Å². The van der Waals surface area contributed by atoms with Crippen molar-refractivity contribution in [3.63, 3.8) is 0 Å². The molecule has 0 fully saturated rings. The van der Waals surface area contributed by atoms with E-state index >= 15 is 0 Å². The zero-order valence-corrected chi connectivity index (χ0v) is 12.0. The van der Waals surface area contributed by atoms with Crippen molar-refractivity contribution in [3.8, 4) is 5.75 Å². The van der Waals surface area contributed by atoms with Crippen molar-refractivity contribution in [1.82, 2.24) is 20.3 Å². The maximum atomic E-state index is 12.8. The molecule has 0 aliphatic heterocycles. The normalized spacial score (nSPS) is 11.0. The van der Waals surface area contributed by atoms with Gasteiger partial charge in [0.2, 0.25) is 0 Å². The second-order valence-corrected chi connectivity index (χ2v) is 4.66. The van der Waals surface area contributed by atoms with E-state index in [2.05, 4.69) is 20.6 Å². The van der Waals surface area contributed by atoms with Crippen LogP contribution >= 0.6 is 0 Å². The van der Waals surface area contributed by atoms with Crippen LogP contribution in [0, 0.1) is 5.82 Å². The van der Waals surface area contributed by atoms with E-state index in [0.717, 1.165) is 15.9 Å². The topological polar surface area (TPSA) is 91.2 Å². The third-order valence-corrected chi connectivity index (χ3v) is 2.99. The summed E-state index contributed by atoms with van der Waals surface area (Å²) >= 11 is 0. The van der Waals surface area contributed by atoms with Crippen molar-refractivity contribution in [2.24, 2.45) is 5.10 Å². The van der Waals surface area contributed by atoms with Crippen LogP contribution in [0.2, 0.25) is 0 Å². The molecule has 0 aliphatic rings. The maximum absolute atomic E-state index is 12.8. The van der Waals surface area contributed by atoms with Gasteiger partial charge in [0.15, 0.2) is 0 Å². The SMILES string of the molecule is Nc1nnnn1/N=C\c1ccc(OCc2ccc(F)cc2)cc1. The first-order valence-corrected chi connectivity index (χ1v) is 6.76. The van der Waals surface area contributed by atoms with Gasteiger partial charge in [0.1, 0.15) is 18.2 Å². The summed E-state index contributed by atoms with van der Waals surface area (Å²) in [5, 5.41) is 14.5. The molecule has 0 aliphatic carbocycles. The average molecular weight is 312 g/mol. The Kier molecular flexibility index (Phi) is 4.23. The Morgan fingerprint density at radius 2 is 1.87 bits per heavy atom. The molecule has 2 N–H and O–H groups in total. The fourth-order valence-corrected chi connectivity index (χ4v) is 1.79. The number of halogens is 1. The van der Waals surface area contributed by atoms with E-state index in [1.165, 1.54) is 12.1 Å². The lowest BCUT2D eigenvalue weighted by atomic mass is 10.2. The van der Waals surface area contributed by atoms with E-state index in [1.54, 1.807) is 18.3 Å². The Balaban J connectivity index is 1.59. The summed E-state index contributed by atoms with van der Waals surface area (Å²) in [6, 6.07) is 13.5. The zero-order valence-electron chi connectivity index (χ0n) is 12.0. The number of anilines is 1. The standard InChI is InChI=1S/C15H13FN6O/c16-13-5-1-12(2-6-13)10-23-14-7-3-11(4-8-14)9-18-22-15(17)19-20-21-22/h1-9H,10H2,(H2,17,19,21)/b18-9-. The van der Waals surface area contributed by atoms with E-state index in [1.807, 2.05) is 24.3 Å². The third kappa shape index (κ3) is 3.88. The van der Waals surface area contributed by atoms with E-state index in [9.17, 15) is 4.39 Å². The first kappa shape index (κ1) is 14.6. The molecule has 7 nitrogen and oxygen atoms in total.